The molecular formula is C38H48N2O. The van der Waals surface area contributed by atoms with E-state index in [9.17, 15) is 0 Å². The minimum Gasteiger partial charge on any atom is -0.457 e. The fraction of sp³-hybridized carbons (Fsp3) is 0.316. The summed E-state index contributed by atoms with van der Waals surface area (Å²) in [6.45, 7) is 28.1. The number of ether oxygens (including phenoxy) is 1. The third-order valence-corrected chi connectivity index (χ3v) is 7.60. The van der Waals surface area contributed by atoms with E-state index in [-0.39, 0.29) is 11.0 Å². The zero-order valence-corrected chi connectivity index (χ0v) is 26.6. The van der Waals surface area contributed by atoms with E-state index in [1.54, 1.807) is 0 Å². The van der Waals surface area contributed by atoms with Crippen molar-refractivity contribution in [3.05, 3.63) is 114 Å². The van der Waals surface area contributed by atoms with Crippen LogP contribution >= 0.6 is 0 Å². The van der Waals surface area contributed by atoms with Crippen molar-refractivity contribution in [3.8, 4) is 11.5 Å². The summed E-state index contributed by atoms with van der Waals surface area (Å²) in [7, 11) is 4.18. The maximum absolute atomic E-state index is 6.47. The van der Waals surface area contributed by atoms with Crippen LogP contribution in [0.4, 0.5) is 5.69 Å². The Balaban J connectivity index is 1.97. The first-order chi connectivity index (χ1) is 19.2. The van der Waals surface area contributed by atoms with Crippen LogP contribution in [0, 0.1) is 0 Å². The Morgan fingerprint density at radius 3 is 1.76 bits per heavy atom. The van der Waals surface area contributed by atoms with E-state index in [2.05, 4.69) is 128 Å². The summed E-state index contributed by atoms with van der Waals surface area (Å²) in [5.74, 6) is 1.51. The lowest BCUT2D eigenvalue weighted by Crippen LogP contribution is -2.36. The Labute approximate surface area is 249 Å². The predicted octanol–water partition coefficient (Wildman–Crippen LogP) is 10.7. The molecule has 41 heavy (non-hydrogen) atoms. The first-order valence-corrected chi connectivity index (χ1v) is 14.4. The molecule has 0 amide bonds. The maximum Gasteiger partial charge on any atom is 0.128 e. The van der Waals surface area contributed by atoms with Gasteiger partial charge in [0.15, 0.2) is 0 Å². The molecule has 3 nitrogen and oxygen atoms in total. The average molecular weight is 549 g/mol. The van der Waals surface area contributed by atoms with Crippen LogP contribution in [-0.4, -0.2) is 24.5 Å². The molecule has 0 bridgehead atoms. The molecule has 0 saturated heterocycles. The highest BCUT2D eigenvalue weighted by atomic mass is 16.5. The van der Waals surface area contributed by atoms with Crippen molar-refractivity contribution in [2.75, 3.05) is 19.0 Å². The number of hydrogen-bond donors (Lipinski definition) is 0. The SMILES string of the molecule is C=Cc1ccc(Oc2ccc(C=C)c(/C(=C/CC)N(C)C(C)(C)C)c2)cc1C(=C)N(C)c1ccc(C(C)(C)C)cc1. The summed E-state index contributed by atoms with van der Waals surface area (Å²) in [5, 5.41) is 0. The smallest absolute Gasteiger partial charge is 0.128 e. The lowest BCUT2D eigenvalue weighted by atomic mass is 9.87. The van der Waals surface area contributed by atoms with Gasteiger partial charge in [0.25, 0.3) is 0 Å². The minimum absolute atomic E-state index is 0.0365. The van der Waals surface area contributed by atoms with Crippen molar-refractivity contribution in [1.82, 2.24) is 4.90 Å². The fourth-order valence-corrected chi connectivity index (χ4v) is 4.67. The van der Waals surface area contributed by atoms with Gasteiger partial charge in [-0.05, 0) is 85.7 Å². The average Bonchev–Trinajstić information content (AvgIpc) is 2.93. The number of benzene rings is 3. The first kappa shape index (κ1) is 31.5. The molecule has 0 spiro atoms. The van der Waals surface area contributed by atoms with E-state index in [1.807, 2.05) is 43.5 Å². The third kappa shape index (κ3) is 7.41. The standard InChI is InChI=1S/C38H48N2O/c1-13-16-36(40(12)38(8,9)10)35-26-33(24-18-29(35)15-3)41-32-23-17-28(14-2)34(25-32)27(4)39(11)31-21-19-30(20-22-31)37(5,6)7/h14-26H,2-4,13H2,1,5-12H3/b36-16-. The largest absolute Gasteiger partial charge is 0.457 e. The predicted molar refractivity (Wildman–Crippen MR) is 182 cm³/mol. The van der Waals surface area contributed by atoms with Crippen LogP contribution in [0.15, 0.2) is 86.5 Å². The fourth-order valence-electron chi connectivity index (χ4n) is 4.67. The number of nitrogens with zero attached hydrogens (tertiary/aromatic N) is 2. The Bertz CT molecular complexity index is 1430. The summed E-state index contributed by atoms with van der Waals surface area (Å²) in [6, 6.07) is 20.9. The minimum atomic E-state index is -0.0365. The summed E-state index contributed by atoms with van der Waals surface area (Å²) < 4.78 is 6.47. The van der Waals surface area contributed by atoms with Gasteiger partial charge in [0.2, 0.25) is 0 Å². The van der Waals surface area contributed by atoms with Gasteiger partial charge in [0, 0.05) is 47.8 Å². The van der Waals surface area contributed by atoms with Crippen LogP contribution in [0.5, 0.6) is 11.5 Å². The van der Waals surface area contributed by atoms with Crippen molar-refractivity contribution in [3.63, 3.8) is 0 Å². The number of hydrogen-bond acceptors (Lipinski definition) is 3. The molecule has 3 aromatic carbocycles. The van der Waals surface area contributed by atoms with Gasteiger partial charge in [-0.1, -0.05) is 89.9 Å². The monoisotopic (exact) mass is 548 g/mol. The van der Waals surface area contributed by atoms with E-state index < -0.39 is 0 Å². The molecule has 3 aromatic rings. The van der Waals surface area contributed by atoms with Crippen molar-refractivity contribution in [2.24, 2.45) is 0 Å². The van der Waals surface area contributed by atoms with Gasteiger partial charge < -0.3 is 14.5 Å². The second-order valence-corrected chi connectivity index (χ2v) is 12.5. The summed E-state index contributed by atoms with van der Waals surface area (Å²) in [4.78, 5) is 4.42. The zero-order valence-electron chi connectivity index (χ0n) is 26.6. The molecule has 0 atom stereocenters. The molecule has 3 rings (SSSR count). The second kappa shape index (κ2) is 12.7. The highest BCUT2D eigenvalue weighted by Gasteiger charge is 2.22. The molecule has 0 radical (unpaired) electrons. The summed E-state index contributed by atoms with van der Waals surface area (Å²) >= 11 is 0. The van der Waals surface area contributed by atoms with Crippen LogP contribution in [0.3, 0.4) is 0 Å². The van der Waals surface area contributed by atoms with E-state index in [0.29, 0.717) is 0 Å². The van der Waals surface area contributed by atoms with E-state index in [0.717, 1.165) is 57.3 Å². The Kier molecular flexibility index (Phi) is 9.76. The molecule has 0 N–H and O–H groups in total. The molecule has 3 heteroatoms. The van der Waals surface area contributed by atoms with Crippen molar-refractivity contribution in [2.45, 2.75) is 65.8 Å². The Hall–Kier alpha value is -3.98. The van der Waals surface area contributed by atoms with Crippen LogP contribution < -0.4 is 9.64 Å². The molecule has 0 saturated carbocycles. The van der Waals surface area contributed by atoms with Crippen LogP contribution in [0.1, 0.15) is 82.7 Å². The first-order valence-electron chi connectivity index (χ1n) is 14.4. The Morgan fingerprint density at radius 1 is 0.780 bits per heavy atom. The molecule has 0 aliphatic carbocycles. The van der Waals surface area contributed by atoms with E-state index in [4.69, 9.17) is 4.74 Å². The zero-order chi connectivity index (χ0) is 30.5. The summed E-state index contributed by atoms with van der Waals surface area (Å²) in [6.07, 6.45) is 6.96. The van der Waals surface area contributed by atoms with Gasteiger partial charge in [-0.3, -0.25) is 0 Å². The molecule has 216 valence electrons. The van der Waals surface area contributed by atoms with Crippen LogP contribution in [-0.2, 0) is 5.41 Å². The molecule has 0 aromatic heterocycles. The molecule has 0 aliphatic heterocycles. The van der Waals surface area contributed by atoms with Gasteiger partial charge in [0.05, 0.1) is 0 Å². The van der Waals surface area contributed by atoms with Crippen molar-refractivity contribution >= 4 is 29.2 Å². The molecule has 0 aliphatic rings. The number of rotatable bonds is 10. The summed E-state index contributed by atoms with van der Waals surface area (Å²) in [5.41, 5.74) is 8.63. The van der Waals surface area contributed by atoms with Crippen LogP contribution in [0.25, 0.3) is 23.5 Å². The molecule has 0 heterocycles. The highest BCUT2D eigenvalue weighted by molar-refractivity contribution is 5.82. The van der Waals surface area contributed by atoms with Gasteiger partial charge >= 0.3 is 0 Å². The van der Waals surface area contributed by atoms with E-state index in [1.165, 1.54) is 5.56 Å². The van der Waals surface area contributed by atoms with Crippen LogP contribution in [0.2, 0.25) is 0 Å². The quantitative estimate of drug-likeness (QED) is 0.251. The van der Waals surface area contributed by atoms with Crippen molar-refractivity contribution < 1.29 is 4.74 Å². The maximum atomic E-state index is 6.47. The number of allylic oxidation sites excluding steroid dienone is 1. The van der Waals surface area contributed by atoms with E-state index >= 15 is 0 Å². The number of anilines is 1. The topological polar surface area (TPSA) is 15.7 Å². The second-order valence-electron chi connectivity index (χ2n) is 12.5. The Morgan fingerprint density at radius 2 is 1.29 bits per heavy atom. The lowest BCUT2D eigenvalue weighted by molar-refractivity contribution is 0.265. The van der Waals surface area contributed by atoms with Gasteiger partial charge in [-0.15, -0.1) is 0 Å². The third-order valence-electron chi connectivity index (χ3n) is 7.60. The lowest BCUT2D eigenvalue weighted by Gasteiger charge is -2.37. The molecule has 0 fully saturated rings. The van der Waals surface area contributed by atoms with Gasteiger partial charge in [-0.2, -0.15) is 0 Å². The van der Waals surface area contributed by atoms with Crippen molar-refractivity contribution in [1.29, 1.82) is 0 Å². The highest BCUT2D eigenvalue weighted by Crippen LogP contribution is 2.35. The molecular weight excluding hydrogens is 500 g/mol. The normalized spacial score (nSPS) is 12.1. The van der Waals surface area contributed by atoms with Gasteiger partial charge in [-0.25, -0.2) is 0 Å². The molecule has 0 unspecified atom stereocenters. The van der Waals surface area contributed by atoms with Gasteiger partial charge in [0.1, 0.15) is 11.5 Å².